The Bertz CT molecular complexity index is 694. The summed E-state index contributed by atoms with van der Waals surface area (Å²) in [6.45, 7) is 3.83. The van der Waals surface area contributed by atoms with Crippen molar-refractivity contribution in [2.75, 3.05) is 17.7 Å². The van der Waals surface area contributed by atoms with Crippen LogP contribution in [-0.4, -0.2) is 13.1 Å². The van der Waals surface area contributed by atoms with Crippen LogP contribution >= 0.6 is 23.2 Å². The van der Waals surface area contributed by atoms with E-state index in [1.165, 1.54) is 7.11 Å². The summed E-state index contributed by atoms with van der Waals surface area (Å²) in [5.74, 6) is 0.520. The smallest absolute Gasteiger partial charge is 0.323 e. The number of hydrogen-bond acceptors (Lipinski definition) is 2. The molecule has 0 aliphatic heterocycles. The van der Waals surface area contributed by atoms with Crippen molar-refractivity contribution >= 4 is 40.6 Å². The summed E-state index contributed by atoms with van der Waals surface area (Å²) in [5, 5.41) is 6.44. The van der Waals surface area contributed by atoms with Gasteiger partial charge in [0.2, 0.25) is 0 Å². The van der Waals surface area contributed by atoms with Gasteiger partial charge in [-0.05, 0) is 49.2 Å². The van der Waals surface area contributed by atoms with Gasteiger partial charge in [0.25, 0.3) is 0 Å². The number of rotatable bonds is 3. The average Bonchev–Trinajstić information content (AvgIpc) is 2.43. The van der Waals surface area contributed by atoms with Gasteiger partial charge in [0.15, 0.2) is 0 Å². The molecule has 0 unspecified atom stereocenters. The quantitative estimate of drug-likeness (QED) is 0.801. The Morgan fingerprint density at radius 3 is 2.45 bits per heavy atom. The monoisotopic (exact) mass is 338 g/mol. The number of halogens is 2. The lowest BCUT2D eigenvalue weighted by atomic mass is 10.1. The topological polar surface area (TPSA) is 50.4 Å². The average molecular weight is 339 g/mol. The highest BCUT2D eigenvalue weighted by Gasteiger charge is 2.12. The molecular weight excluding hydrogens is 323 g/mol. The summed E-state index contributed by atoms with van der Waals surface area (Å²) in [5.41, 5.74) is 2.97. The Labute approximate surface area is 139 Å². The summed E-state index contributed by atoms with van der Waals surface area (Å²) in [6, 6.07) is 8.30. The summed E-state index contributed by atoms with van der Waals surface area (Å²) >= 11 is 12.1. The van der Waals surface area contributed by atoms with Crippen LogP contribution in [0.15, 0.2) is 30.3 Å². The minimum absolute atomic E-state index is 0.422. The van der Waals surface area contributed by atoms with Crippen molar-refractivity contribution in [3.05, 3.63) is 51.5 Å². The van der Waals surface area contributed by atoms with Gasteiger partial charge in [-0.15, -0.1) is 0 Å². The first-order valence-electron chi connectivity index (χ1n) is 6.59. The fraction of sp³-hybridized carbons (Fsp3) is 0.188. The molecule has 0 aliphatic carbocycles. The maximum Gasteiger partial charge on any atom is 0.323 e. The molecule has 0 saturated heterocycles. The SMILES string of the molecule is COc1ccc(Cl)cc1NC(=O)Nc1c(C)cc(C)cc1Cl. The van der Waals surface area contributed by atoms with Gasteiger partial charge in [0.1, 0.15) is 5.75 Å². The van der Waals surface area contributed by atoms with Gasteiger partial charge in [-0.2, -0.15) is 0 Å². The largest absolute Gasteiger partial charge is 0.495 e. The maximum atomic E-state index is 12.2. The standard InChI is InChI=1S/C16H16Cl2N2O2/c1-9-6-10(2)15(12(18)7-9)20-16(21)19-13-8-11(17)4-5-14(13)22-3/h4-8H,1-3H3,(H2,19,20,21). The van der Waals surface area contributed by atoms with Crippen molar-refractivity contribution < 1.29 is 9.53 Å². The maximum absolute atomic E-state index is 12.2. The molecule has 0 atom stereocenters. The highest BCUT2D eigenvalue weighted by Crippen LogP contribution is 2.30. The highest BCUT2D eigenvalue weighted by atomic mass is 35.5. The molecule has 0 spiro atoms. The molecule has 22 heavy (non-hydrogen) atoms. The third-order valence-electron chi connectivity index (χ3n) is 3.08. The molecular formula is C16H16Cl2N2O2. The molecule has 0 saturated carbocycles. The van der Waals surface area contributed by atoms with Crippen LogP contribution in [0.2, 0.25) is 10.0 Å². The van der Waals surface area contributed by atoms with E-state index in [1.807, 2.05) is 19.9 Å². The van der Waals surface area contributed by atoms with E-state index in [-0.39, 0.29) is 0 Å². The van der Waals surface area contributed by atoms with Gasteiger partial charge < -0.3 is 15.4 Å². The Hall–Kier alpha value is -1.91. The van der Waals surface area contributed by atoms with Crippen LogP contribution in [0, 0.1) is 13.8 Å². The number of benzene rings is 2. The van der Waals surface area contributed by atoms with E-state index in [4.69, 9.17) is 27.9 Å². The van der Waals surface area contributed by atoms with Crippen molar-refractivity contribution in [2.24, 2.45) is 0 Å². The Kier molecular flexibility index (Phi) is 5.16. The fourth-order valence-electron chi connectivity index (χ4n) is 2.12. The van der Waals surface area contributed by atoms with Gasteiger partial charge >= 0.3 is 6.03 Å². The third-order valence-corrected chi connectivity index (χ3v) is 3.61. The highest BCUT2D eigenvalue weighted by molar-refractivity contribution is 6.34. The number of amides is 2. The van der Waals surface area contributed by atoms with Gasteiger partial charge in [0.05, 0.1) is 23.5 Å². The Balaban J connectivity index is 2.19. The lowest BCUT2D eigenvalue weighted by molar-refractivity contribution is 0.262. The minimum Gasteiger partial charge on any atom is -0.495 e. The summed E-state index contributed by atoms with van der Waals surface area (Å²) in [7, 11) is 1.52. The molecule has 2 amide bonds. The van der Waals surface area contributed by atoms with Crippen LogP contribution < -0.4 is 15.4 Å². The van der Waals surface area contributed by atoms with Crippen molar-refractivity contribution in [2.45, 2.75) is 13.8 Å². The van der Waals surface area contributed by atoms with Crippen LogP contribution in [0.1, 0.15) is 11.1 Å². The number of nitrogens with one attached hydrogen (secondary N) is 2. The molecule has 2 N–H and O–H groups in total. The number of aryl methyl sites for hydroxylation is 2. The number of urea groups is 1. The molecule has 4 nitrogen and oxygen atoms in total. The second-order valence-corrected chi connectivity index (χ2v) is 5.71. The molecule has 0 aliphatic rings. The molecule has 0 radical (unpaired) electrons. The van der Waals surface area contributed by atoms with E-state index in [2.05, 4.69) is 10.6 Å². The van der Waals surface area contributed by atoms with Gasteiger partial charge in [-0.1, -0.05) is 29.3 Å². The molecule has 0 bridgehead atoms. The molecule has 2 rings (SSSR count). The van der Waals surface area contributed by atoms with Crippen LogP contribution in [0.3, 0.4) is 0 Å². The molecule has 0 heterocycles. The number of anilines is 2. The number of carbonyl (C=O) groups excluding carboxylic acids is 1. The van der Waals surface area contributed by atoms with Crippen LogP contribution in [0.5, 0.6) is 5.75 Å². The predicted molar refractivity (Wildman–Crippen MR) is 91.6 cm³/mol. The van der Waals surface area contributed by atoms with E-state index in [9.17, 15) is 4.79 Å². The van der Waals surface area contributed by atoms with Crippen molar-refractivity contribution in [3.8, 4) is 5.75 Å². The van der Waals surface area contributed by atoms with Gasteiger partial charge in [-0.25, -0.2) is 4.79 Å². The van der Waals surface area contributed by atoms with Crippen LogP contribution in [-0.2, 0) is 0 Å². The van der Waals surface area contributed by atoms with E-state index in [1.54, 1.807) is 24.3 Å². The van der Waals surface area contributed by atoms with E-state index >= 15 is 0 Å². The first kappa shape index (κ1) is 16.5. The summed E-state index contributed by atoms with van der Waals surface area (Å²) in [6.07, 6.45) is 0. The second kappa shape index (κ2) is 6.90. The molecule has 2 aromatic carbocycles. The van der Waals surface area contributed by atoms with Gasteiger partial charge in [0, 0.05) is 5.02 Å². The third kappa shape index (κ3) is 3.84. The zero-order chi connectivity index (χ0) is 16.3. The zero-order valence-electron chi connectivity index (χ0n) is 12.5. The molecule has 116 valence electrons. The van der Waals surface area contributed by atoms with Crippen molar-refractivity contribution in [3.63, 3.8) is 0 Å². The molecule has 0 fully saturated rings. The van der Waals surface area contributed by atoms with Crippen molar-refractivity contribution in [1.29, 1.82) is 0 Å². The normalized spacial score (nSPS) is 10.2. The number of ether oxygens (including phenoxy) is 1. The molecule has 0 aromatic heterocycles. The second-order valence-electron chi connectivity index (χ2n) is 4.86. The Morgan fingerprint density at radius 2 is 1.82 bits per heavy atom. The lowest BCUT2D eigenvalue weighted by Gasteiger charge is -2.14. The summed E-state index contributed by atoms with van der Waals surface area (Å²) in [4.78, 5) is 12.2. The molecule has 2 aromatic rings. The number of hydrogen-bond donors (Lipinski definition) is 2. The summed E-state index contributed by atoms with van der Waals surface area (Å²) < 4.78 is 5.19. The number of methoxy groups -OCH3 is 1. The van der Waals surface area contributed by atoms with E-state index < -0.39 is 6.03 Å². The first-order valence-corrected chi connectivity index (χ1v) is 7.34. The van der Waals surface area contributed by atoms with E-state index in [0.717, 1.165) is 11.1 Å². The van der Waals surface area contributed by atoms with Gasteiger partial charge in [-0.3, -0.25) is 0 Å². The predicted octanol–water partition coefficient (Wildman–Crippen LogP) is 5.26. The van der Waals surface area contributed by atoms with Crippen LogP contribution in [0.25, 0.3) is 0 Å². The lowest BCUT2D eigenvalue weighted by Crippen LogP contribution is -2.20. The minimum atomic E-state index is -0.422. The zero-order valence-corrected chi connectivity index (χ0v) is 14.0. The number of carbonyl (C=O) groups is 1. The fourth-order valence-corrected chi connectivity index (χ4v) is 2.66. The first-order chi connectivity index (χ1) is 10.4. The molecule has 6 heteroatoms. The van der Waals surface area contributed by atoms with Crippen LogP contribution in [0.4, 0.5) is 16.2 Å². The van der Waals surface area contributed by atoms with Crippen molar-refractivity contribution in [1.82, 2.24) is 0 Å². The Morgan fingerprint density at radius 1 is 1.09 bits per heavy atom. The van der Waals surface area contributed by atoms with E-state index in [0.29, 0.717) is 27.2 Å².